The van der Waals surface area contributed by atoms with Crippen LogP contribution in [-0.4, -0.2) is 39.0 Å². The number of nitro groups is 1. The van der Waals surface area contributed by atoms with Gasteiger partial charge in [-0.2, -0.15) is 4.98 Å². The summed E-state index contributed by atoms with van der Waals surface area (Å²) in [4.78, 5) is 30.6. The van der Waals surface area contributed by atoms with Gasteiger partial charge in [-0.3, -0.25) is 14.9 Å². The Kier molecular flexibility index (Phi) is 6.67. The Morgan fingerprint density at radius 2 is 1.91 bits per heavy atom. The highest BCUT2D eigenvalue weighted by molar-refractivity contribution is 5.95. The Labute approximate surface area is 191 Å². The highest BCUT2D eigenvalue weighted by Gasteiger charge is 2.29. The summed E-state index contributed by atoms with van der Waals surface area (Å²) in [5, 5.41) is 15.4. The van der Waals surface area contributed by atoms with E-state index in [1.54, 1.807) is 31.1 Å². The molecule has 0 aliphatic heterocycles. The largest absolute Gasteiger partial charge is 0.497 e. The monoisotopic (exact) mass is 450 g/mol. The van der Waals surface area contributed by atoms with E-state index in [1.807, 2.05) is 24.3 Å². The number of hydrogen-bond donors (Lipinski definition) is 0. The molecule has 0 unspecified atom stereocenters. The van der Waals surface area contributed by atoms with E-state index in [0.29, 0.717) is 17.3 Å². The normalized spacial score (nSPS) is 14.1. The Bertz CT molecular complexity index is 1140. The number of amides is 1. The summed E-state index contributed by atoms with van der Waals surface area (Å²) in [7, 11) is 1.60. The number of benzene rings is 2. The van der Waals surface area contributed by atoms with Crippen molar-refractivity contribution in [2.24, 2.45) is 0 Å². The first kappa shape index (κ1) is 22.4. The average molecular weight is 450 g/mol. The van der Waals surface area contributed by atoms with Gasteiger partial charge in [0.25, 0.3) is 11.6 Å². The molecule has 2 aromatic carbocycles. The van der Waals surface area contributed by atoms with Crippen molar-refractivity contribution in [1.82, 2.24) is 15.0 Å². The first-order valence-corrected chi connectivity index (χ1v) is 11.0. The molecule has 1 amide bonds. The number of aromatic nitrogens is 2. The van der Waals surface area contributed by atoms with E-state index < -0.39 is 4.92 Å². The van der Waals surface area contributed by atoms with Gasteiger partial charge >= 0.3 is 0 Å². The summed E-state index contributed by atoms with van der Waals surface area (Å²) < 4.78 is 10.6. The zero-order valence-electron chi connectivity index (χ0n) is 18.7. The molecule has 1 aliphatic carbocycles. The van der Waals surface area contributed by atoms with Gasteiger partial charge in [0.15, 0.2) is 0 Å². The van der Waals surface area contributed by atoms with Crippen LogP contribution >= 0.6 is 0 Å². The second-order valence-corrected chi connectivity index (χ2v) is 8.22. The molecule has 172 valence electrons. The standard InChI is InChI=1S/C24H26N4O5/c1-16-8-9-18(14-21(16)28(30)31)24(29)27(19-6-4-3-5-7-19)15-22-25-23(26-33-22)17-10-12-20(32-2)13-11-17/h8-14,19H,3-7,15H2,1-2H3. The molecule has 0 atom stereocenters. The van der Waals surface area contributed by atoms with Crippen molar-refractivity contribution >= 4 is 11.6 Å². The predicted octanol–water partition coefficient (Wildman–Crippen LogP) is 4.94. The number of nitrogens with zero attached hydrogens (tertiary/aromatic N) is 4. The van der Waals surface area contributed by atoms with Crippen molar-refractivity contribution in [3.8, 4) is 17.1 Å². The lowest BCUT2D eigenvalue weighted by atomic mass is 9.93. The fourth-order valence-corrected chi connectivity index (χ4v) is 4.19. The van der Waals surface area contributed by atoms with Gasteiger partial charge in [-0.05, 0) is 50.1 Å². The van der Waals surface area contributed by atoms with Crippen LogP contribution in [0.2, 0.25) is 0 Å². The number of methoxy groups -OCH3 is 1. The Balaban J connectivity index is 1.60. The SMILES string of the molecule is COc1ccc(-c2noc(CN(C(=O)c3ccc(C)c([N+](=O)[O-])c3)C3CCCCC3)n2)cc1. The molecule has 0 radical (unpaired) electrons. The van der Waals surface area contributed by atoms with Crippen molar-refractivity contribution < 1.29 is 19.0 Å². The molecule has 0 saturated heterocycles. The van der Waals surface area contributed by atoms with Crippen molar-refractivity contribution in [3.05, 3.63) is 69.6 Å². The third kappa shape index (κ3) is 5.02. The number of aryl methyl sites for hydroxylation is 1. The molecule has 1 aliphatic rings. The van der Waals surface area contributed by atoms with Crippen molar-refractivity contribution in [2.75, 3.05) is 7.11 Å². The van der Waals surface area contributed by atoms with E-state index in [9.17, 15) is 14.9 Å². The fraction of sp³-hybridized carbons (Fsp3) is 0.375. The summed E-state index contributed by atoms with van der Waals surface area (Å²) in [6.45, 7) is 1.80. The zero-order valence-corrected chi connectivity index (χ0v) is 18.7. The van der Waals surface area contributed by atoms with Crippen LogP contribution in [0.5, 0.6) is 5.75 Å². The van der Waals surface area contributed by atoms with Gasteiger partial charge in [-0.1, -0.05) is 30.5 Å². The smallest absolute Gasteiger partial charge is 0.273 e. The molecule has 0 bridgehead atoms. The molecule has 0 N–H and O–H groups in total. The lowest BCUT2D eigenvalue weighted by Gasteiger charge is -2.33. The summed E-state index contributed by atoms with van der Waals surface area (Å²) in [6.07, 6.45) is 4.95. The Morgan fingerprint density at radius 3 is 2.58 bits per heavy atom. The van der Waals surface area contributed by atoms with Crippen LogP contribution in [0.15, 0.2) is 47.0 Å². The average Bonchev–Trinajstić information content (AvgIpc) is 3.31. The van der Waals surface area contributed by atoms with Gasteiger partial charge in [0, 0.05) is 28.8 Å². The molecule has 9 heteroatoms. The van der Waals surface area contributed by atoms with Crippen LogP contribution in [0.4, 0.5) is 5.69 Å². The number of ether oxygens (including phenoxy) is 1. The van der Waals surface area contributed by atoms with Gasteiger partial charge in [-0.25, -0.2) is 0 Å². The van der Waals surface area contributed by atoms with E-state index in [-0.39, 0.29) is 29.7 Å². The van der Waals surface area contributed by atoms with Crippen molar-refractivity contribution in [1.29, 1.82) is 0 Å². The van der Waals surface area contributed by atoms with Crippen LogP contribution < -0.4 is 4.74 Å². The van der Waals surface area contributed by atoms with E-state index in [0.717, 1.165) is 43.4 Å². The van der Waals surface area contributed by atoms with E-state index in [4.69, 9.17) is 9.26 Å². The van der Waals surface area contributed by atoms with Crippen LogP contribution in [0.25, 0.3) is 11.4 Å². The highest BCUT2D eigenvalue weighted by Crippen LogP contribution is 2.28. The van der Waals surface area contributed by atoms with Gasteiger partial charge < -0.3 is 14.2 Å². The number of hydrogen-bond acceptors (Lipinski definition) is 7. The van der Waals surface area contributed by atoms with E-state index in [1.165, 1.54) is 6.07 Å². The van der Waals surface area contributed by atoms with Crippen LogP contribution in [-0.2, 0) is 6.54 Å². The molecule has 4 rings (SSSR count). The van der Waals surface area contributed by atoms with Gasteiger partial charge in [-0.15, -0.1) is 0 Å². The summed E-state index contributed by atoms with van der Waals surface area (Å²) in [6, 6.07) is 11.9. The highest BCUT2D eigenvalue weighted by atomic mass is 16.6. The van der Waals surface area contributed by atoms with E-state index >= 15 is 0 Å². The summed E-state index contributed by atoms with van der Waals surface area (Å²) in [5.74, 6) is 1.20. The third-order valence-corrected chi connectivity index (χ3v) is 6.05. The minimum absolute atomic E-state index is 0.0166. The summed E-state index contributed by atoms with van der Waals surface area (Å²) in [5.41, 5.74) is 1.51. The lowest BCUT2D eigenvalue weighted by molar-refractivity contribution is -0.385. The molecule has 0 spiro atoms. The second kappa shape index (κ2) is 9.81. The van der Waals surface area contributed by atoms with Gasteiger partial charge in [0.2, 0.25) is 11.7 Å². The lowest BCUT2D eigenvalue weighted by Crippen LogP contribution is -2.41. The third-order valence-electron chi connectivity index (χ3n) is 6.05. The molecular formula is C24H26N4O5. The molecule has 1 saturated carbocycles. The number of carbonyl (C=O) groups excluding carboxylic acids is 1. The van der Waals surface area contributed by atoms with E-state index in [2.05, 4.69) is 10.1 Å². The minimum atomic E-state index is -0.462. The first-order valence-electron chi connectivity index (χ1n) is 11.0. The Morgan fingerprint density at radius 1 is 1.18 bits per heavy atom. The zero-order chi connectivity index (χ0) is 23.4. The summed E-state index contributed by atoms with van der Waals surface area (Å²) >= 11 is 0. The topological polar surface area (TPSA) is 112 Å². The molecule has 33 heavy (non-hydrogen) atoms. The first-order chi connectivity index (χ1) is 16.0. The number of nitro benzene ring substituents is 1. The van der Waals surface area contributed by atoms with Gasteiger partial charge in [0.1, 0.15) is 12.3 Å². The molecule has 9 nitrogen and oxygen atoms in total. The molecule has 1 aromatic heterocycles. The van der Waals surface area contributed by atoms with Gasteiger partial charge in [0.05, 0.1) is 12.0 Å². The maximum Gasteiger partial charge on any atom is 0.273 e. The van der Waals surface area contributed by atoms with Crippen molar-refractivity contribution in [2.45, 2.75) is 51.6 Å². The fourth-order valence-electron chi connectivity index (χ4n) is 4.19. The quantitative estimate of drug-likeness (QED) is 0.370. The second-order valence-electron chi connectivity index (χ2n) is 8.22. The number of carbonyl (C=O) groups is 1. The number of rotatable bonds is 7. The maximum absolute atomic E-state index is 13.5. The van der Waals surface area contributed by atoms with Crippen LogP contribution in [0.1, 0.15) is 53.9 Å². The van der Waals surface area contributed by atoms with Crippen molar-refractivity contribution in [3.63, 3.8) is 0 Å². The molecular weight excluding hydrogens is 424 g/mol. The molecule has 1 heterocycles. The van der Waals surface area contributed by atoms with Crippen LogP contribution in [0, 0.1) is 17.0 Å². The minimum Gasteiger partial charge on any atom is -0.497 e. The van der Waals surface area contributed by atoms with Crippen LogP contribution in [0.3, 0.4) is 0 Å². The maximum atomic E-state index is 13.5. The molecule has 3 aromatic rings. The predicted molar refractivity (Wildman–Crippen MR) is 121 cm³/mol. The molecule has 1 fully saturated rings. The Hall–Kier alpha value is -3.75.